The molecule has 2 bridgehead atoms. The van der Waals surface area contributed by atoms with Gasteiger partial charge in [0.2, 0.25) is 0 Å². The van der Waals surface area contributed by atoms with E-state index in [2.05, 4.69) is 0 Å². The number of thioether (sulfide) groups is 1. The minimum absolute atomic E-state index is 0.226. The first-order valence-corrected chi connectivity index (χ1v) is 7.80. The zero-order chi connectivity index (χ0) is 13.5. The quantitative estimate of drug-likeness (QED) is 0.894. The Labute approximate surface area is 116 Å². The Kier molecular flexibility index (Phi) is 3.56. The van der Waals surface area contributed by atoms with Gasteiger partial charge in [-0.3, -0.25) is 0 Å². The van der Waals surface area contributed by atoms with Gasteiger partial charge in [0.05, 0.1) is 5.60 Å². The molecule has 3 rings (SSSR count). The molecule has 2 aliphatic rings. The smallest absolute Gasteiger partial charge is 0.126 e. The van der Waals surface area contributed by atoms with Crippen molar-refractivity contribution in [2.24, 2.45) is 0 Å². The van der Waals surface area contributed by atoms with Gasteiger partial charge in [0.15, 0.2) is 0 Å². The summed E-state index contributed by atoms with van der Waals surface area (Å²) in [5, 5.41) is 11.7. The van der Waals surface area contributed by atoms with Crippen LogP contribution < -0.4 is 0 Å². The van der Waals surface area contributed by atoms with Gasteiger partial charge in [-0.1, -0.05) is 6.42 Å². The van der Waals surface area contributed by atoms with Gasteiger partial charge in [-0.15, -0.1) is 0 Å². The molecule has 4 heteroatoms. The van der Waals surface area contributed by atoms with Crippen LogP contribution in [0.2, 0.25) is 0 Å². The van der Waals surface area contributed by atoms with E-state index in [1.165, 1.54) is 12.5 Å². The molecule has 2 atom stereocenters. The van der Waals surface area contributed by atoms with Crippen molar-refractivity contribution < 1.29 is 13.9 Å². The lowest BCUT2D eigenvalue weighted by atomic mass is 9.81. The van der Waals surface area contributed by atoms with E-state index in [0.717, 1.165) is 25.0 Å². The van der Waals surface area contributed by atoms with Crippen molar-refractivity contribution in [1.29, 1.82) is 0 Å². The second-order valence-electron chi connectivity index (χ2n) is 5.86. The predicted molar refractivity (Wildman–Crippen MR) is 73.3 cm³/mol. The van der Waals surface area contributed by atoms with Crippen LogP contribution in [-0.4, -0.2) is 21.2 Å². The normalized spacial score (nSPS) is 34.3. The fourth-order valence-electron chi connectivity index (χ4n) is 3.39. The molecule has 0 amide bonds. The number of rotatable bonds is 2. The summed E-state index contributed by atoms with van der Waals surface area (Å²) in [4.78, 5) is 0. The summed E-state index contributed by atoms with van der Waals surface area (Å²) in [6.45, 7) is 0. The summed E-state index contributed by atoms with van der Waals surface area (Å²) >= 11 is 1.97. The maximum atomic E-state index is 13.7. The van der Waals surface area contributed by atoms with Crippen molar-refractivity contribution in [1.82, 2.24) is 0 Å². The minimum atomic E-state index is -0.865. The van der Waals surface area contributed by atoms with Crippen molar-refractivity contribution >= 4 is 11.8 Å². The number of halogens is 2. The van der Waals surface area contributed by atoms with Crippen LogP contribution in [0.3, 0.4) is 0 Å². The molecule has 2 saturated heterocycles. The zero-order valence-electron chi connectivity index (χ0n) is 10.7. The summed E-state index contributed by atoms with van der Waals surface area (Å²) in [5.74, 6) is -0.858. The van der Waals surface area contributed by atoms with E-state index in [1.807, 2.05) is 11.8 Å². The lowest BCUT2D eigenvalue weighted by molar-refractivity contribution is 0.0122. The van der Waals surface area contributed by atoms with Crippen molar-refractivity contribution in [2.45, 2.75) is 54.6 Å². The molecule has 0 spiro atoms. The van der Waals surface area contributed by atoms with Gasteiger partial charge in [-0.25, -0.2) is 8.78 Å². The molecule has 0 radical (unpaired) electrons. The van der Waals surface area contributed by atoms with Gasteiger partial charge < -0.3 is 5.11 Å². The van der Waals surface area contributed by atoms with Crippen LogP contribution in [0.5, 0.6) is 0 Å². The first-order valence-electron chi connectivity index (χ1n) is 6.86. The average molecular weight is 284 g/mol. The Morgan fingerprint density at radius 2 is 1.89 bits per heavy atom. The second-order valence-corrected chi connectivity index (χ2v) is 7.46. The molecular weight excluding hydrogens is 266 g/mol. The first-order chi connectivity index (χ1) is 9.04. The first kappa shape index (κ1) is 13.4. The molecule has 2 heterocycles. The van der Waals surface area contributed by atoms with E-state index < -0.39 is 17.2 Å². The fourth-order valence-corrected chi connectivity index (χ4v) is 5.35. The molecular formula is C15H18F2OS. The molecule has 2 unspecified atom stereocenters. The molecule has 1 aromatic carbocycles. The van der Waals surface area contributed by atoms with Crippen LogP contribution in [0.25, 0.3) is 0 Å². The molecule has 0 saturated carbocycles. The Morgan fingerprint density at radius 3 is 2.58 bits per heavy atom. The number of aliphatic hydroxyl groups is 1. The predicted octanol–water partition coefficient (Wildman–Crippen LogP) is 3.69. The van der Waals surface area contributed by atoms with Crippen molar-refractivity contribution in [3.8, 4) is 0 Å². The minimum Gasteiger partial charge on any atom is -0.389 e. The third kappa shape index (κ3) is 2.95. The Morgan fingerprint density at radius 1 is 1.21 bits per heavy atom. The van der Waals surface area contributed by atoms with Crippen molar-refractivity contribution in [3.63, 3.8) is 0 Å². The van der Waals surface area contributed by atoms with E-state index in [1.54, 1.807) is 0 Å². The summed E-state index contributed by atoms with van der Waals surface area (Å²) < 4.78 is 26.9. The highest BCUT2D eigenvalue weighted by molar-refractivity contribution is 8.00. The molecule has 1 aromatic rings. The second kappa shape index (κ2) is 5.06. The molecule has 2 fully saturated rings. The third-order valence-electron chi connectivity index (χ3n) is 4.18. The van der Waals surface area contributed by atoms with Gasteiger partial charge >= 0.3 is 0 Å². The molecule has 0 aliphatic carbocycles. The molecule has 2 aliphatic heterocycles. The van der Waals surface area contributed by atoms with E-state index in [4.69, 9.17) is 0 Å². The Hall–Kier alpha value is -0.610. The highest BCUT2D eigenvalue weighted by Gasteiger charge is 2.41. The average Bonchev–Trinajstić information content (AvgIpc) is 2.33. The summed E-state index contributed by atoms with van der Waals surface area (Å²) in [5.41, 5.74) is -0.567. The standard InChI is InChI=1S/C15H18F2OS/c16-11-4-5-14(17)10(6-11)7-15(18)8-12-2-1-3-13(9-15)19-12/h4-6,12-13,18H,1-3,7-9H2. The maximum Gasteiger partial charge on any atom is 0.126 e. The van der Waals surface area contributed by atoms with E-state index in [-0.39, 0.29) is 6.42 Å². The van der Waals surface area contributed by atoms with Gasteiger partial charge in [-0.2, -0.15) is 11.8 Å². The number of hydrogen-bond acceptors (Lipinski definition) is 2. The highest BCUT2D eigenvalue weighted by Crippen LogP contribution is 2.46. The summed E-state index contributed by atoms with van der Waals surface area (Å²) in [6, 6.07) is 3.48. The maximum absolute atomic E-state index is 13.7. The fraction of sp³-hybridized carbons (Fsp3) is 0.600. The van der Waals surface area contributed by atoms with Gasteiger partial charge in [-0.05, 0) is 49.4 Å². The van der Waals surface area contributed by atoms with E-state index in [9.17, 15) is 13.9 Å². The molecule has 1 N–H and O–H groups in total. The van der Waals surface area contributed by atoms with Crippen LogP contribution in [-0.2, 0) is 6.42 Å². The van der Waals surface area contributed by atoms with Crippen LogP contribution in [0.15, 0.2) is 18.2 Å². The Balaban J connectivity index is 1.79. The van der Waals surface area contributed by atoms with Gasteiger partial charge in [0.25, 0.3) is 0 Å². The SMILES string of the molecule is OC1(Cc2cc(F)ccc2F)CC2CCCC(C1)S2. The van der Waals surface area contributed by atoms with Crippen molar-refractivity contribution in [2.75, 3.05) is 0 Å². The molecule has 0 aromatic heterocycles. The third-order valence-corrected chi connectivity index (χ3v) is 5.75. The zero-order valence-corrected chi connectivity index (χ0v) is 11.6. The monoisotopic (exact) mass is 284 g/mol. The summed E-state index contributed by atoms with van der Waals surface area (Å²) in [7, 11) is 0. The van der Waals surface area contributed by atoms with Gasteiger partial charge in [0.1, 0.15) is 11.6 Å². The Bertz CT molecular complexity index is 465. The topological polar surface area (TPSA) is 20.2 Å². The van der Waals surface area contributed by atoms with E-state index >= 15 is 0 Å². The van der Waals surface area contributed by atoms with Crippen LogP contribution in [0.1, 0.15) is 37.7 Å². The lowest BCUT2D eigenvalue weighted by Gasteiger charge is -2.44. The lowest BCUT2D eigenvalue weighted by Crippen LogP contribution is -2.44. The van der Waals surface area contributed by atoms with Crippen LogP contribution in [0.4, 0.5) is 8.78 Å². The van der Waals surface area contributed by atoms with E-state index in [0.29, 0.717) is 28.9 Å². The van der Waals surface area contributed by atoms with Gasteiger partial charge in [0, 0.05) is 16.9 Å². The number of hydrogen-bond donors (Lipinski definition) is 1. The molecule has 104 valence electrons. The number of benzene rings is 1. The van der Waals surface area contributed by atoms with Crippen LogP contribution >= 0.6 is 11.8 Å². The summed E-state index contributed by atoms with van der Waals surface area (Å²) in [6.07, 6.45) is 5.12. The largest absolute Gasteiger partial charge is 0.389 e. The van der Waals surface area contributed by atoms with Crippen molar-refractivity contribution in [3.05, 3.63) is 35.4 Å². The molecule has 19 heavy (non-hydrogen) atoms. The highest BCUT2D eigenvalue weighted by atomic mass is 32.2. The number of fused-ring (bicyclic) bond motifs is 2. The van der Waals surface area contributed by atoms with Crippen LogP contribution in [0, 0.1) is 11.6 Å². The molecule has 1 nitrogen and oxygen atoms in total.